The second kappa shape index (κ2) is 7.89. The molecule has 2 aromatic carbocycles. The van der Waals surface area contributed by atoms with Gasteiger partial charge in [0.1, 0.15) is 15.9 Å². The maximum Gasteiger partial charge on any atom is 0.253 e. The number of rotatable bonds is 3. The first-order valence-electron chi connectivity index (χ1n) is 11.2. The molecule has 0 saturated carbocycles. The summed E-state index contributed by atoms with van der Waals surface area (Å²) in [5, 5.41) is 1.14. The van der Waals surface area contributed by atoms with Gasteiger partial charge >= 0.3 is 0 Å². The van der Waals surface area contributed by atoms with Gasteiger partial charge in [-0.15, -0.1) is 0 Å². The Labute approximate surface area is 195 Å². The molecular weight excluding hydrogens is 458 g/mol. The van der Waals surface area contributed by atoms with Crippen molar-refractivity contribution >= 4 is 49.6 Å². The number of fused-ring (bicyclic) bond motifs is 4. The van der Waals surface area contributed by atoms with Gasteiger partial charge in [-0.2, -0.15) is 13.1 Å². The van der Waals surface area contributed by atoms with E-state index >= 15 is 0 Å². The molecule has 6 rings (SSSR count). The summed E-state index contributed by atoms with van der Waals surface area (Å²) in [6.45, 7) is 1.22. The highest BCUT2D eigenvalue weighted by Gasteiger charge is 2.32. The second-order valence-electron chi connectivity index (χ2n) is 8.63. The number of nitrogens with one attached hydrogen (secondary N) is 1. The molecule has 3 heterocycles. The Morgan fingerprint density at radius 2 is 1.82 bits per heavy atom. The molecule has 0 radical (unpaired) electrons. The van der Waals surface area contributed by atoms with Crippen LogP contribution >= 0.6 is 11.7 Å². The van der Waals surface area contributed by atoms with Crippen LogP contribution in [0.15, 0.2) is 41.3 Å². The maximum absolute atomic E-state index is 13.3. The van der Waals surface area contributed by atoms with Gasteiger partial charge in [-0.25, -0.2) is 8.42 Å². The second-order valence-corrected chi connectivity index (χ2v) is 11.1. The molecule has 1 aliphatic heterocycles. The molecule has 4 aromatic rings. The van der Waals surface area contributed by atoms with Gasteiger partial charge in [0.2, 0.25) is 10.0 Å². The zero-order chi connectivity index (χ0) is 22.6. The molecule has 33 heavy (non-hydrogen) atoms. The van der Waals surface area contributed by atoms with Crippen molar-refractivity contribution < 1.29 is 13.2 Å². The fourth-order valence-corrected chi connectivity index (χ4v) is 7.16. The van der Waals surface area contributed by atoms with E-state index in [1.54, 1.807) is 23.1 Å². The van der Waals surface area contributed by atoms with Crippen LogP contribution in [-0.4, -0.2) is 63.4 Å². The summed E-state index contributed by atoms with van der Waals surface area (Å²) in [5.41, 5.74) is 5.36. The van der Waals surface area contributed by atoms with E-state index in [0.29, 0.717) is 29.7 Å². The predicted molar refractivity (Wildman–Crippen MR) is 127 cm³/mol. The summed E-state index contributed by atoms with van der Waals surface area (Å²) in [4.78, 5) is 18.7. The molecule has 10 heteroatoms. The third-order valence-electron chi connectivity index (χ3n) is 6.74. The first-order valence-corrected chi connectivity index (χ1v) is 13.3. The van der Waals surface area contributed by atoms with Crippen LogP contribution in [0.25, 0.3) is 21.9 Å². The van der Waals surface area contributed by atoms with Crippen molar-refractivity contribution in [2.24, 2.45) is 0 Å². The predicted octanol–water partition coefficient (Wildman–Crippen LogP) is 3.20. The zero-order valence-electron chi connectivity index (χ0n) is 18.0. The monoisotopic (exact) mass is 481 g/mol. The lowest BCUT2D eigenvalue weighted by Gasteiger charge is -2.34. The molecule has 1 aliphatic carbocycles. The van der Waals surface area contributed by atoms with Crippen LogP contribution < -0.4 is 0 Å². The first-order chi connectivity index (χ1) is 16.0. The summed E-state index contributed by atoms with van der Waals surface area (Å²) >= 11 is 1.00. The average Bonchev–Trinajstić information content (AvgIpc) is 3.47. The smallest absolute Gasteiger partial charge is 0.253 e. The number of carbonyl (C=O) groups excluding carboxylic acids is 1. The minimum Gasteiger partial charge on any atom is -0.358 e. The van der Waals surface area contributed by atoms with Crippen LogP contribution in [-0.2, 0) is 22.9 Å². The van der Waals surface area contributed by atoms with E-state index in [9.17, 15) is 13.2 Å². The number of aromatic nitrogens is 3. The van der Waals surface area contributed by atoms with Crippen LogP contribution in [0.3, 0.4) is 0 Å². The van der Waals surface area contributed by atoms with Crippen LogP contribution in [0.1, 0.15) is 34.5 Å². The number of aryl methyl sites for hydroxylation is 2. The molecular formula is C23H23N5O3S2. The molecule has 2 aromatic heterocycles. The number of H-pyrrole nitrogens is 1. The molecule has 8 nitrogen and oxygen atoms in total. The average molecular weight is 482 g/mol. The number of hydrogen-bond acceptors (Lipinski definition) is 6. The van der Waals surface area contributed by atoms with Crippen molar-refractivity contribution in [3.63, 3.8) is 0 Å². The van der Waals surface area contributed by atoms with Crippen molar-refractivity contribution in [1.29, 1.82) is 0 Å². The number of amides is 1. The molecule has 0 spiro atoms. The Hall–Kier alpha value is -2.82. The summed E-state index contributed by atoms with van der Waals surface area (Å²) in [6.07, 6.45) is 4.49. The minimum absolute atomic E-state index is 0.0505. The third kappa shape index (κ3) is 3.44. The highest BCUT2D eigenvalue weighted by molar-refractivity contribution is 7.89. The maximum atomic E-state index is 13.3. The van der Waals surface area contributed by atoms with E-state index in [1.807, 2.05) is 18.2 Å². The van der Waals surface area contributed by atoms with E-state index in [1.165, 1.54) is 28.4 Å². The van der Waals surface area contributed by atoms with Gasteiger partial charge in [-0.1, -0.05) is 6.07 Å². The van der Waals surface area contributed by atoms with E-state index in [-0.39, 0.29) is 23.9 Å². The molecule has 0 bridgehead atoms. The van der Waals surface area contributed by atoms with Crippen LogP contribution in [0.5, 0.6) is 0 Å². The molecule has 1 fully saturated rings. The fourth-order valence-electron chi connectivity index (χ4n) is 4.98. The van der Waals surface area contributed by atoms with E-state index in [0.717, 1.165) is 35.5 Å². The number of sulfonamides is 1. The van der Waals surface area contributed by atoms with E-state index < -0.39 is 10.0 Å². The zero-order valence-corrected chi connectivity index (χ0v) is 19.6. The topological polar surface area (TPSA) is 99.3 Å². The van der Waals surface area contributed by atoms with Gasteiger partial charge < -0.3 is 9.88 Å². The normalized spacial score (nSPS) is 17.5. The van der Waals surface area contributed by atoms with Gasteiger partial charge in [0.05, 0.1) is 11.7 Å². The number of hydrogen-bond donors (Lipinski definition) is 1. The van der Waals surface area contributed by atoms with Crippen LogP contribution in [0.2, 0.25) is 0 Å². The lowest BCUT2D eigenvalue weighted by atomic mass is 9.95. The van der Waals surface area contributed by atoms with Gasteiger partial charge in [-0.3, -0.25) is 4.79 Å². The van der Waals surface area contributed by atoms with Crippen molar-refractivity contribution in [2.75, 3.05) is 26.2 Å². The van der Waals surface area contributed by atoms with Crippen molar-refractivity contribution in [3.05, 3.63) is 53.2 Å². The third-order valence-corrected chi connectivity index (χ3v) is 9.21. The molecule has 0 atom stereocenters. The molecule has 170 valence electrons. The summed E-state index contributed by atoms with van der Waals surface area (Å²) < 4.78 is 36.3. The van der Waals surface area contributed by atoms with Crippen molar-refractivity contribution in [1.82, 2.24) is 22.9 Å². The van der Waals surface area contributed by atoms with Crippen molar-refractivity contribution in [3.8, 4) is 0 Å². The summed E-state index contributed by atoms with van der Waals surface area (Å²) in [5.74, 6) is -0.0505. The lowest BCUT2D eigenvalue weighted by molar-refractivity contribution is 0.0698. The molecule has 1 saturated heterocycles. The SMILES string of the molecule is O=C(c1ccc2[nH]c3c(c2c1)CCCC3)N1CCN(S(=O)(=O)c2cccc3nsnc23)CC1. The Bertz CT molecular complexity index is 1480. The van der Waals surface area contributed by atoms with E-state index in [4.69, 9.17) is 0 Å². The Morgan fingerprint density at radius 3 is 2.67 bits per heavy atom. The quantitative estimate of drug-likeness (QED) is 0.485. The Morgan fingerprint density at radius 1 is 1.00 bits per heavy atom. The van der Waals surface area contributed by atoms with Crippen molar-refractivity contribution in [2.45, 2.75) is 30.6 Å². The number of aromatic amines is 1. The van der Waals surface area contributed by atoms with Crippen LogP contribution in [0.4, 0.5) is 0 Å². The number of piperazine rings is 1. The first kappa shape index (κ1) is 20.8. The number of nitrogens with zero attached hydrogens (tertiary/aromatic N) is 4. The van der Waals surface area contributed by atoms with Gasteiger partial charge in [0, 0.05) is 48.3 Å². The lowest BCUT2D eigenvalue weighted by Crippen LogP contribution is -2.50. The van der Waals surface area contributed by atoms with Gasteiger partial charge in [0.25, 0.3) is 5.91 Å². The standard InChI is InChI=1S/C23H23N5O3S2/c29-23(15-8-9-19-17(14-15)16-4-1-2-5-18(16)24-19)27-10-12-28(13-11-27)33(30,31)21-7-3-6-20-22(21)26-32-25-20/h3,6-9,14,24H,1-2,4-5,10-13H2. The highest BCUT2D eigenvalue weighted by Crippen LogP contribution is 2.30. The van der Waals surface area contributed by atoms with Gasteiger partial charge in [0.15, 0.2) is 0 Å². The summed E-state index contributed by atoms with van der Waals surface area (Å²) in [6, 6.07) is 10.9. The Kier molecular flexibility index (Phi) is 4.97. The molecule has 1 N–H and O–H groups in total. The van der Waals surface area contributed by atoms with Gasteiger partial charge in [-0.05, 0) is 61.6 Å². The number of carbonyl (C=O) groups is 1. The largest absolute Gasteiger partial charge is 0.358 e. The Balaban J connectivity index is 1.21. The molecule has 1 amide bonds. The van der Waals surface area contributed by atoms with E-state index in [2.05, 4.69) is 13.7 Å². The molecule has 2 aliphatic rings. The highest BCUT2D eigenvalue weighted by atomic mass is 32.2. The number of benzene rings is 2. The molecule has 0 unspecified atom stereocenters. The summed E-state index contributed by atoms with van der Waals surface area (Å²) in [7, 11) is -3.71. The fraction of sp³-hybridized carbons (Fsp3) is 0.348. The minimum atomic E-state index is -3.71. The van der Waals surface area contributed by atoms with Crippen LogP contribution in [0, 0.1) is 0 Å².